The molecule has 0 aromatic heterocycles. The first-order valence-electron chi connectivity index (χ1n) is 1.41. The van der Waals surface area contributed by atoms with Gasteiger partial charge in [0.05, 0.1) is 0 Å². The van der Waals surface area contributed by atoms with Crippen molar-refractivity contribution in [2.24, 2.45) is 0 Å². The molecule has 0 aliphatic heterocycles. The van der Waals surface area contributed by atoms with E-state index in [1.807, 2.05) is 0 Å². The molecule has 0 bridgehead atoms. The van der Waals surface area contributed by atoms with Gasteiger partial charge in [-0.05, 0) is 0 Å². The van der Waals surface area contributed by atoms with E-state index in [1.165, 1.54) is 0 Å². The van der Waals surface area contributed by atoms with Crippen LogP contribution in [0, 0.1) is 0 Å². The van der Waals surface area contributed by atoms with Crippen LogP contribution in [0.25, 0.3) is 0 Å². The Morgan fingerprint density at radius 3 is 0.700 bits per heavy atom. The van der Waals surface area contributed by atoms with Crippen molar-refractivity contribution in [1.82, 2.24) is 0 Å². The van der Waals surface area contributed by atoms with Crippen molar-refractivity contribution < 1.29 is 41.0 Å². The molecule has 0 spiro atoms. The summed E-state index contributed by atoms with van der Waals surface area (Å²) < 4.78 is 50.8. The van der Waals surface area contributed by atoms with Gasteiger partial charge in [-0.1, -0.05) is 0 Å². The van der Waals surface area contributed by atoms with Crippen LogP contribution in [0.1, 0.15) is 0 Å². The van der Waals surface area contributed by atoms with Gasteiger partial charge in [0, 0.05) is 0 Å². The Morgan fingerprint density at radius 1 is 0.700 bits per heavy atom. The summed E-state index contributed by atoms with van der Waals surface area (Å²) in [6.07, 6.45) is 0. The van der Waals surface area contributed by atoms with Crippen LogP contribution in [0.3, 0.4) is 0 Å². The zero-order valence-corrected chi connectivity index (χ0v) is 9.10. The minimum absolute atomic E-state index is 0. The minimum atomic E-state index is -1.75. The summed E-state index contributed by atoms with van der Waals surface area (Å²) in [6.45, 7) is 0. The Bertz CT molecular complexity index is 49.7. The summed E-state index contributed by atoms with van der Waals surface area (Å²) in [7, 11) is 0. The van der Waals surface area contributed by atoms with Crippen LogP contribution in [0.4, 0.5) is 0 Å². The monoisotopic (exact) mass is 233 g/mol. The zero-order chi connectivity index (χ0) is 8.12. The summed E-state index contributed by atoms with van der Waals surface area (Å²) in [5.41, 5.74) is 0. The molecule has 53 valence electrons. The van der Waals surface area contributed by atoms with Crippen molar-refractivity contribution in [2.45, 2.75) is 0 Å². The maximum atomic E-state index is 8.46. The molecule has 0 N–H and O–H groups in total. The summed E-state index contributed by atoms with van der Waals surface area (Å²) in [4.78, 5) is 0. The predicted molar refractivity (Wildman–Crippen MR) is 19.3 cm³/mol. The zero-order valence-electron chi connectivity index (χ0n) is 4.54. The first kappa shape index (κ1) is 22.4. The van der Waals surface area contributed by atoms with E-state index >= 15 is 0 Å². The van der Waals surface area contributed by atoms with E-state index < -0.39 is 46.5 Å². The fourth-order valence-corrected chi connectivity index (χ4v) is 0. The van der Waals surface area contributed by atoms with Crippen LogP contribution in [0.2, 0.25) is 0 Å². The van der Waals surface area contributed by atoms with Gasteiger partial charge in [-0.2, -0.15) is 0 Å². The van der Waals surface area contributed by atoms with E-state index in [-0.39, 0.29) is 17.1 Å². The van der Waals surface area contributed by atoms with E-state index in [9.17, 15) is 0 Å². The van der Waals surface area contributed by atoms with Crippen molar-refractivity contribution in [3.05, 3.63) is 0 Å². The fourth-order valence-electron chi connectivity index (χ4n) is 0. The first-order valence-corrected chi connectivity index (χ1v) is 4.24. The Morgan fingerprint density at radius 2 is 0.700 bits per heavy atom. The number of hydrogen-bond donors (Lipinski definition) is 0. The Labute approximate surface area is 86.9 Å². The molecule has 0 saturated heterocycles. The molecule has 0 saturated carbocycles. The van der Waals surface area contributed by atoms with Gasteiger partial charge in [0.2, 0.25) is 0 Å². The summed E-state index contributed by atoms with van der Waals surface area (Å²) in [5.74, 6) is 0. The summed E-state index contributed by atoms with van der Waals surface area (Å²) in [6, 6.07) is 0. The summed E-state index contributed by atoms with van der Waals surface area (Å²) >= 11 is -5.25. The molecule has 6 nitrogen and oxygen atoms in total. The molecule has 0 amide bonds. The van der Waals surface area contributed by atoms with Crippen LogP contribution in [-0.4, -0.2) is 46.5 Å². The molecule has 0 unspecified atom stereocenters. The van der Waals surface area contributed by atoms with E-state index in [2.05, 4.69) is 0 Å². The number of hydrogen-bond acceptors (Lipinski definition) is 6. The van der Waals surface area contributed by atoms with Crippen molar-refractivity contribution >= 4 is 46.5 Å². The second kappa shape index (κ2) is 51.4. The molecule has 0 aliphatic carbocycles. The van der Waals surface area contributed by atoms with Crippen molar-refractivity contribution in [3.63, 3.8) is 0 Å². The first-order chi connectivity index (χ1) is 4.24. The second-order valence-corrected chi connectivity index (χ2v) is 0.866. The molecule has 0 aliphatic rings. The third kappa shape index (κ3) is 665. The molecule has 0 aromatic rings. The maximum absolute atomic E-state index is 8.46. The Kier molecular flexibility index (Phi) is 115. The van der Waals surface area contributed by atoms with Crippen molar-refractivity contribution in [1.29, 1.82) is 0 Å². The molecule has 10 heteroatoms. The molecule has 0 aromatic carbocycles. The third-order valence-corrected chi connectivity index (χ3v) is 0. The summed E-state index contributed by atoms with van der Waals surface area (Å²) in [5, 5.41) is 0. The molecule has 0 heterocycles. The van der Waals surface area contributed by atoms with E-state index in [0.29, 0.717) is 0 Å². The number of rotatable bonds is 0. The van der Waals surface area contributed by atoms with Crippen LogP contribution < -0.4 is 12.5 Å². The average molecular weight is 233 g/mol. The molecule has 0 rings (SSSR count). The van der Waals surface area contributed by atoms with Crippen LogP contribution in [0.15, 0.2) is 0 Å². The van der Waals surface area contributed by atoms with Gasteiger partial charge < -0.3 is 0 Å². The molecular formula is Al3FeO6. The van der Waals surface area contributed by atoms with Gasteiger partial charge in [0.1, 0.15) is 0 Å². The van der Waals surface area contributed by atoms with Gasteiger partial charge >= 0.3 is 87.4 Å². The molecule has 0 fully saturated rings. The van der Waals surface area contributed by atoms with Gasteiger partial charge in [-0.15, -0.1) is 0 Å². The molecule has 0 atom stereocenters. The molecular weight excluding hydrogens is 233 g/mol. The third-order valence-electron chi connectivity index (χ3n) is 0. The van der Waals surface area contributed by atoms with Crippen LogP contribution in [-0.2, 0) is 28.5 Å². The predicted octanol–water partition coefficient (Wildman–Crippen LogP) is -5.07. The standard InChI is InChI=1S/3Al.Fe.6O/q;;;+3;;;;3*-1. The van der Waals surface area contributed by atoms with Gasteiger partial charge in [0.15, 0.2) is 0 Å². The normalized spacial score (nSPS) is 2.40. The van der Waals surface area contributed by atoms with E-state index in [0.717, 1.165) is 0 Å². The second-order valence-electron chi connectivity index (χ2n) is 0.289. The van der Waals surface area contributed by atoms with E-state index in [4.69, 9.17) is 23.9 Å². The SMILES string of the molecule is [Fe+3].[O]=[Al][O-].[O]=[Al][O-].[O]=[Al][O-]. The molecule has 1 radical (unpaired) electrons. The molecule has 10 heavy (non-hydrogen) atoms. The Balaban J connectivity index is -0.0000000257. The topological polar surface area (TPSA) is 120 Å². The van der Waals surface area contributed by atoms with Crippen molar-refractivity contribution in [2.75, 3.05) is 0 Å². The van der Waals surface area contributed by atoms with E-state index in [1.54, 1.807) is 0 Å². The van der Waals surface area contributed by atoms with Crippen LogP contribution in [0.5, 0.6) is 0 Å². The van der Waals surface area contributed by atoms with Gasteiger partial charge in [-0.25, -0.2) is 0 Å². The van der Waals surface area contributed by atoms with Crippen LogP contribution >= 0.6 is 0 Å². The van der Waals surface area contributed by atoms with Gasteiger partial charge in [-0.3, -0.25) is 0 Å². The quantitative estimate of drug-likeness (QED) is 0.386. The van der Waals surface area contributed by atoms with Gasteiger partial charge in [0.25, 0.3) is 0 Å². The van der Waals surface area contributed by atoms with Crippen molar-refractivity contribution in [3.8, 4) is 0 Å². The average Bonchev–Trinajstić information content (AvgIpc) is 1.70. The Hall–Kier alpha value is 0.917. The fraction of sp³-hybridized carbons (Fsp3) is 0.